The highest BCUT2D eigenvalue weighted by atomic mass is 16.5. The molecule has 2 N–H and O–H groups in total. The summed E-state index contributed by atoms with van der Waals surface area (Å²) in [5, 5.41) is 5.93. The van der Waals surface area contributed by atoms with Crippen molar-refractivity contribution in [2.75, 3.05) is 31.6 Å². The molecule has 0 spiro atoms. The van der Waals surface area contributed by atoms with E-state index >= 15 is 0 Å². The predicted molar refractivity (Wildman–Crippen MR) is 84.8 cm³/mol. The van der Waals surface area contributed by atoms with Gasteiger partial charge in [-0.25, -0.2) is 0 Å². The lowest BCUT2D eigenvalue weighted by Gasteiger charge is -2.10. The minimum Gasteiger partial charge on any atom is -0.494 e. The summed E-state index contributed by atoms with van der Waals surface area (Å²) in [6.07, 6.45) is 1.06. The van der Waals surface area contributed by atoms with Gasteiger partial charge >= 0.3 is 0 Å². The van der Waals surface area contributed by atoms with Gasteiger partial charge in [0.1, 0.15) is 5.75 Å². The van der Waals surface area contributed by atoms with Crippen LogP contribution in [0.4, 0.5) is 5.69 Å². The molecule has 21 heavy (non-hydrogen) atoms. The molecule has 1 aromatic carbocycles. The third-order valence-corrected chi connectivity index (χ3v) is 2.71. The molecule has 0 aliphatic carbocycles. The third kappa shape index (κ3) is 8.19. The van der Waals surface area contributed by atoms with Crippen molar-refractivity contribution in [3.63, 3.8) is 0 Å². The summed E-state index contributed by atoms with van der Waals surface area (Å²) in [4.78, 5) is 11.6. The van der Waals surface area contributed by atoms with Crippen LogP contribution in [-0.2, 0) is 9.53 Å². The summed E-state index contributed by atoms with van der Waals surface area (Å²) in [6, 6.07) is 7.56. The smallest absolute Gasteiger partial charge is 0.239 e. The molecular formula is C16H26N2O3. The fourth-order valence-electron chi connectivity index (χ4n) is 1.70. The minimum absolute atomic E-state index is 0.0200. The lowest BCUT2D eigenvalue weighted by molar-refractivity contribution is -0.119. The molecule has 5 heteroatoms. The molecule has 1 rings (SSSR count). The first-order chi connectivity index (χ1) is 10.1. The van der Waals surface area contributed by atoms with E-state index in [9.17, 15) is 4.79 Å². The van der Waals surface area contributed by atoms with Crippen molar-refractivity contribution in [2.24, 2.45) is 0 Å². The summed E-state index contributed by atoms with van der Waals surface area (Å²) in [5.74, 6) is 0.811. The van der Waals surface area contributed by atoms with Gasteiger partial charge in [0.15, 0.2) is 0 Å². The summed E-state index contributed by atoms with van der Waals surface area (Å²) in [7, 11) is 0. The molecule has 0 radical (unpaired) electrons. The quantitative estimate of drug-likeness (QED) is 0.651. The molecule has 5 nitrogen and oxygen atoms in total. The van der Waals surface area contributed by atoms with Gasteiger partial charge < -0.3 is 20.1 Å². The first-order valence-electron chi connectivity index (χ1n) is 7.47. The van der Waals surface area contributed by atoms with Crippen molar-refractivity contribution in [2.45, 2.75) is 33.3 Å². The maximum atomic E-state index is 11.6. The van der Waals surface area contributed by atoms with Crippen LogP contribution in [0.15, 0.2) is 24.3 Å². The highest BCUT2D eigenvalue weighted by molar-refractivity contribution is 5.80. The standard InChI is InChI=1S/C16H26N2O3/c1-4-20-15-8-6-14(7-9-15)18-12-16(19)17-10-5-11-21-13(2)3/h6-9,13,18H,4-5,10-12H2,1-3H3,(H,17,19). The number of hydrogen-bond acceptors (Lipinski definition) is 4. The van der Waals surface area contributed by atoms with Crippen molar-refractivity contribution in [1.82, 2.24) is 5.32 Å². The van der Waals surface area contributed by atoms with E-state index in [1.54, 1.807) is 0 Å². The van der Waals surface area contributed by atoms with Gasteiger partial charge in [0, 0.05) is 18.8 Å². The van der Waals surface area contributed by atoms with E-state index < -0.39 is 0 Å². The van der Waals surface area contributed by atoms with Gasteiger partial charge in [0.05, 0.1) is 19.3 Å². The van der Waals surface area contributed by atoms with Gasteiger partial charge in [0.2, 0.25) is 5.91 Å². The zero-order valence-corrected chi connectivity index (χ0v) is 13.1. The van der Waals surface area contributed by atoms with Crippen LogP contribution in [-0.4, -0.2) is 38.3 Å². The van der Waals surface area contributed by atoms with E-state index in [2.05, 4.69) is 10.6 Å². The Hall–Kier alpha value is -1.75. The molecule has 118 valence electrons. The number of carbonyl (C=O) groups is 1. The highest BCUT2D eigenvalue weighted by Crippen LogP contribution is 2.15. The van der Waals surface area contributed by atoms with E-state index in [-0.39, 0.29) is 18.6 Å². The van der Waals surface area contributed by atoms with Gasteiger partial charge in [-0.1, -0.05) is 0 Å². The number of carbonyl (C=O) groups excluding carboxylic acids is 1. The number of nitrogens with one attached hydrogen (secondary N) is 2. The molecule has 0 aromatic heterocycles. The van der Waals surface area contributed by atoms with Crippen LogP contribution in [0.2, 0.25) is 0 Å². The molecule has 0 atom stereocenters. The average molecular weight is 294 g/mol. The van der Waals surface area contributed by atoms with E-state index in [0.29, 0.717) is 19.8 Å². The Morgan fingerprint density at radius 1 is 1.24 bits per heavy atom. The molecule has 1 amide bonds. The van der Waals surface area contributed by atoms with Crippen molar-refractivity contribution < 1.29 is 14.3 Å². The van der Waals surface area contributed by atoms with Gasteiger partial charge in [0.25, 0.3) is 0 Å². The molecule has 0 unspecified atom stereocenters. The molecule has 0 saturated heterocycles. The number of hydrogen-bond donors (Lipinski definition) is 2. The second-order valence-electron chi connectivity index (χ2n) is 4.93. The fourth-order valence-corrected chi connectivity index (χ4v) is 1.70. The normalized spacial score (nSPS) is 10.5. The second kappa shape index (κ2) is 10.0. The lowest BCUT2D eigenvalue weighted by atomic mass is 10.3. The maximum absolute atomic E-state index is 11.6. The van der Waals surface area contributed by atoms with Crippen LogP contribution < -0.4 is 15.4 Å². The number of amides is 1. The van der Waals surface area contributed by atoms with Crippen LogP contribution in [0.3, 0.4) is 0 Å². The number of rotatable bonds is 10. The first-order valence-corrected chi connectivity index (χ1v) is 7.47. The Morgan fingerprint density at radius 3 is 2.57 bits per heavy atom. The molecule has 0 aliphatic heterocycles. The third-order valence-electron chi connectivity index (χ3n) is 2.71. The second-order valence-corrected chi connectivity index (χ2v) is 4.93. The summed E-state index contributed by atoms with van der Waals surface area (Å²) >= 11 is 0. The lowest BCUT2D eigenvalue weighted by Crippen LogP contribution is -2.31. The Morgan fingerprint density at radius 2 is 1.95 bits per heavy atom. The molecule has 0 fully saturated rings. The van der Waals surface area contributed by atoms with Crippen molar-refractivity contribution in [3.8, 4) is 5.75 Å². The Bertz CT molecular complexity index is 404. The molecule has 0 aliphatic rings. The Labute approximate surface area is 127 Å². The SMILES string of the molecule is CCOc1ccc(NCC(=O)NCCCOC(C)C)cc1. The number of ether oxygens (including phenoxy) is 2. The maximum Gasteiger partial charge on any atom is 0.239 e. The van der Waals surface area contributed by atoms with Gasteiger partial charge in [-0.05, 0) is 51.5 Å². The van der Waals surface area contributed by atoms with Gasteiger partial charge in [-0.15, -0.1) is 0 Å². The monoisotopic (exact) mass is 294 g/mol. The average Bonchev–Trinajstić information content (AvgIpc) is 2.46. The Balaban J connectivity index is 2.14. The van der Waals surface area contributed by atoms with Crippen molar-refractivity contribution >= 4 is 11.6 Å². The van der Waals surface area contributed by atoms with E-state index in [0.717, 1.165) is 17.9 Å². The van der Waals surface area contributed by atoms with Crippen LogP contribution in [0.1, 0.15) is 27.2 Å². The molecule has 0 heterocycles. The number of benzene rings is 1. The van der Waals surface area contributed by atoms with Crippen LogP contribution in [0.5, 0.6) is 5.75 Å². The fraction of sp³-hybridized carbons (Fsp3) is 0.562. The Kier molecular flexibility index (Phi) is 8.28. The topological polar surface area (TPSA) is 59.6 Å². The zero-order chi connectivity index (χ0) is 15.5. The number of anilines is 1. The molecule has 0 saturated carbocycles. The van der Waals surface area contributed by atoms with Gasteiger partial charge in [-0.3, -0.25) is 4.79 Å². The summed E-state index contributed by atoms with van der Waals surface area (Å²) in [6.45, 7) is 8.16. The molecule has 0 bridgehead atoms. The van der Waals surface area contributed by atoms with Crippen LogP contribution in [0.25, 0.3) is 0 Å². The predicted octanol–water partition coefficient (Wildman–Crippen LogP) is 2.43. The van der Waals surface area contributed by atoms with E-state index in [1.165, 1.54) is 0 Å². The highest BCUT2D eigenvalue weighted by Gasteiger charge is 2.01. The summed E-state index contributed by atoms with van der Waals surface area (Å²) in [5.41, 5.74) is 0.900. The minimum atomic E-state index is -0.0200. The largest absolute Gasteiger partial charge is 0.494 e. The first kappa shape index (κ1) is 17.3. The van der Waals surface area contributed by atoms with E-state index in [1.807, 2.05) is 45.0 Å². The zero-order valence-electron chi connectivity index (χ0n) is 13.1. The van der Waals surface area contributed by atoms with Crippen LogP contribution in [0, 0.1) is 0 Å². The van der Waals surface area contributed by atoms with Crippen LogP contribution >= 0.6 is 0 Å². The van der Waals surface area contributed by atoms with E-state index in [4.69, 9.17) is 9.47 Å². The van der Waals surface area contributed by atoms with Crippen molar-refractivity contribution in [1.29, 1.82) is 0 Å². The molecule has 1 aromatic rings. The van der Waals surface area contributed by atoms with Crippen molar-refractivity contribution in [3.05, 3.63) is 24.3 Å². The molecular weight excluding hydrogens is 268 g/mol. The van der Waals surface area contributed by atoms with Gasteiger partial charge in [-0.2, -0.15) is 0 Å². The summed E-state index contributed by atoms with van der Waals surface area (Å²) < 4.78 is 10.8.